The van der Waals surface area contributed by atoms with E-state index in [9.17, 15) is 14.7 Å². The molecular weight excluding hydrogens is 318 g/mol. The molecule has 8 heteroatoms. The Morgan fingerprint density at radius 2 is 1.33 bits per heavy atom. The normalized spacial score (nSPS) is 14.0. The fraction of sp³-hybridized carbons (Fsp3) is 0.875. The highest BCUT2D eigenvalue weighted by Crippen LogP contribution is 2.20. The first kappa shape index (κ1) is 22.6. The van der Waals surface area contributed by atoms with Crippen molar-refractivity contribution in [1.29, 1.82) is 0 Å². The van der Waals surface area contributed by atoms with Gasteiger partial charge in [-0.05, 0) is 55.4 Å². The van der Waals surface area contributed by atoms with Crippen molar-refractivity contribution in [1.82, 2.24) is 5.32 Å². The van der Waals surface area contributed by atoms with Gasteiger partial charge >= 0.3 is 18.0 Å². The molecule has 0 aromatic carbocycles. The van der Waals surface area contributed by atoms with Crippen molar-refractivity contribution >= 4 is 12.1 Å². The molecule has 8 nitrogen and oxygen atoms in total. The number of ether oxygens (including phenoxy) is 4. The maximum atomic E-state index is 12.4. The quantitative estimate of drug-likeness (QED) is 0.535. The Morgan fingerprint density at radius 3 is 1.67 bits per heavy atom. The molecule has 1 unspecified atom stereocenters. The molecule has 0 saturated carbocycles. The van der Waals surface area contributed by atoms with Crippen molar-refractivity contribution in [3.63, 3.8) is 0 Å². The van der Waals surface area contributed by atoms with Gasteiger partial charge < -0.3 is 29.4 Å². The number of aliphatic hydroxyl groups is 1. The summed E-state index contributed by atoms with van der Waals surface area (Å²) < 4.78 is 20.7. The third-order valence-corrected chi connectivity index (χ3v) is 2.37. The molecule has 0 aliphatic rings. The molecule has 0 bridgehead atoms. The van der Waals surface area contributed by atoms with E-state index in [-0.39, 0.29) is 13.2 Å². The first-order valence-electron chi connectivity index (χ1n) is 7.96. The second kappa shape index (κ2) is 8.64. The molecule has 1 amide bonds. The molecule has 0 aromatic rings. The first-order valence-corrected chi connectivity index (χ1v) is 7.96. The van der Waals surface area contributed by atoms with Crippen LogP contribution in [0.3, 0.4) is 0 Å². The number of nitrogens with one attached hydrogen (secondary N) is 1. The smallest absolute Gasteiger partial charge is 0.408 e. The van der Waals surface area contributed by atoms with Crippen molar-refractivity contribution in [3.05, 3.63) is 0 Å². The summed E-state index contributed by atoms with van der Waals surface area (Å²) in [6.07, 6.45) is -0.906. The molecule has 2 N–H and O–H groups in total. The first-order chi connectivity index (χ1) is 10.7. The van der Waals surface area contributed by atoms with Crippen LogP contribution < -0.4 is 5.32 Å². The van der Waals surface area contributed by atoms with Gasteiger partial charge in [0.1, 0.15) is 11.2 Å². The monoisotopic (exact) mass is 349 g/mol. The highest BCUT2D eigenvalue weighted by molar-refractivity contribution is 5.82. The summed E-state index contributed by atoms with van der Waals surface area (Å²) in [6, 6.07) is -1.62. The van der Waals surface area contributed by atoms with Crippen molar-refractivity contribution in [3.8, 4) is 0 Å². The number of alkyl carbamates (subject to hydrolysis) is 1. The summed E-state index contributed by atoms with van der Waals surface area (Å²) in [5.41, 5.74) is -1.61. The van der Waals surface area contributed by atoms with E-state index in [1.54, 1.807) is 55.4 Å². The largest absolute Gasteiger partial charge is 0.458 e. The summed E-state index contributed by atoms with van der Waals surface area (Å²) in [7, 11) is 0. The fourth-order valence-electron chi connectivity index (χ4n) is 1.71. The van der Waals surface area contributed by atoms with Crippen molar-refractivity contribution in [2.24, 2.45) is 0 Å². The van der Waals surface area contributed by atoms with Crippen LogP contribution >= 0.6 is 0 Å². The van der Waals surface area contributed by atoms with E-state index in [4.69, 9.17) is 18.9 Å². The average molecular weight is 349 g/mol. The average Bonchev–Trinajstić information content (AvgIpc) is 2.32. The molecule has 142 valence electrons. The van der Waals surface area contributed by atoms with Gasteiger partial charge in [-0.3, -0.25) is 0 Å². The lowest BCUT2D eigenvalue weighted by Crippen LogP contribution is -2.61. The van der Waals surface area contributed by atoms with E-state index < -0.39 is 35.3 Å². The van der Waals surface area contributed by atoms with Crippen LogP contribution in [0.2, 0.25) is 0 Å². The number of hydrogen-bond acceptors (Lipinski definition) is 7. The number of amides is 1. The Kier molecular flexibility index (Phi) is 8.14. The molecule has 0 aliphatic heterocycles. The third-order valence-electron chi connectivity index (χ3n) is 2.37. The molecule has 0 rings (SSSR count). The Bertz CT molecular complexity index is 417. The fourth-order valence-corrected chi connectivity index (χ4v) is 1.71. The lowest BCUT2D eigenvalue weighted by molar-refractivity contribution is -0.367. The van der Waals surface area contributed by atoms with Crippen molar-refractivity contribution in [2.75, 3.05) is 13.2 Å². The Balaban J connectivity index is 5.48. The van der Waals surface area contributed by atoms with E-state index in [1.807, 2.05) is 0 Å². The molecule has 0 radical (unpaired) electrons. The lowest BCUT2D eigenvalue weighted by Gasteiger charge is -2.35. The number of carbonyl (C=O) groups is 2. The van der Waals surface area contributed by atoms with Gasteiger partial charge in [-0.25, -0.2) is 9.59 Å². The van der Waals surface area contributed by atoms with Crippen LogP contribution in [-0.4, -0.2) is 53.6 Å². The summed E-state index contributed by atoms with van der Waals surface area (Å²) >= 11 is 0. The molecule has 0 saturated heterocycles. The van der Waals surface area contributed by atoms with E-state index in [0.29, 0.717) is 0 Å². The molecule has 24 heavy (non-hydrogen) atoms. The van der Waals surface area contributed by atoms with Gasteiger partial charge in [-0.1, -0.05) is 0 Å². The minimum atomic E-state index is -2.37. The topological polar surface area (TPSA) is 103 Å². The van der Waals surface area contributed by atoms with Gasteiger partial charge in [0.05, 0.1) is 0 Å². The van der Waals surface area contributed by atoms with Crippen molar-refractivity contribution in [2.45, 2.75) is 78.6 Å². The zero-order chi connectivity index (χ0) is 19.2. The Labute approximate surface area is 143 Å². The van der Waals surface area contributed by atoms with Gasteiger partial charge in [0.2, 0.25) is 6.04 Å². The Hall–Kier alpha value is -1.38. The Morgan fingerprint density at radius 1 is 0.917 bits per heavy atom. The molecule has 0 spiro atoms. The summed E-state index contributed by atoms with van der Waals surface area (Å²) in [6.45, 7) is 13.3. The van der Waals surface area contributed by atoms with Crippen LogP contribution in [-0.2, 0) is 23.7 Å². The number of hydrogen-bond donors (Lipinski definition) is 2. The van der Waals surface area contributed by atoms with E-state index in [1.165, 1.54) is 0 Å². The predicted molar refractivity (Wildman–Crippen MR) is 87.2 cm³/mol. The number of esters is 1. The van der Waals surface area contributed by atoms with Crippen LogP contribution in [0.1, 0.15) is 55.4 Å². The molecule has 0 aliphatic carbocycles. The maximum Gasteiger partial charge on any atom is 0.408 e. The van der Waals surface area contributed by atoms with Gasteiger partial charge in [0.25, 0.3) is 0 Å². The lowest BCUT2D eigenvalue weighted by atomic mass is 10.1. The van der Waals surface area contributed by atoms with Crippen LogP contribution in [0.4, 0.5) is 4.79 Å². The van der Waals surface area contributed by atoms with E-state index in [0.717, 1.165) is 0 Å². The van der Waals surface area contributed by atoms with Crippen LogP contribution in [0.25, 0.3) is 0 Å². The molecule has 0 aromatic heterocycles. The van der Waals surface area contributed by atoms with E-state index >= 15 is 0 Å². The third kappa shape index (κ3) is 8.47. The van der Waals surface area contributed by atoms with E-state index in [2.05, 4.69) is 5.32 Å². The molecule has 0 heterocycles. The number of carbonyl (C=O) groups excluding carboxylic acids is 2. The minimum absolute atomic E-state index is 0.0474. The summed E-state index contributed by atoms with van der Waals surface area (Å²) in [5.74, 6) is -3.28. The van der Waals surface area contributed by atoms with Crippen LogP contribution in [0, 0.1) is 0 Å². The predicted octanol–water partition coefficient (Wildman–Crippen LogP) is 1.94. The standard InChI is InChI=1S/C16H31NO7/c1-9-21-16(20,22-10-2)11(12(18)23-14(3,4)5)17-13(19)24-15(6,7)8/h11,20H,9-10H2,1-8H3,(H,17,19). The molecule has 1 atom stereocenters. The van der Waals surface area contributed by atoms with Gasteiger partial charge in [0.15, 0.2) is 0 Å². The zero-order valence-corrected chi connectivity index (χ0v) is 15.9. The van der Waals surface area contributed by atoms with Gasteiger partial charge in [-0.2, -0.15) is 0 Å². The molecule has 0 fully saturated rings. The highest BCUT2D eigenvalue weighted by Gasteiger charge is 2.48. The maximum absolute atomic E-state index is 12.4. The van der Waals surface area contributed by atoms with Gasteiger partial charge in [-0.15, -0.1) is 0 Å². The SMILES string of the molecule is CCOC(O)(OCC)C(NC(=O)OC(C)(C)C)C(=O)OC(C)(C)C. The second-order valence-electron chi connectivity index (χ2n) is 7.11. The van der Waals surface area contributed by atoms with Gasteiger partial charge in [0, 0.05) is 13.2 Å². The summed E-state index contributed by atoms with van der Waals surface area (Å²) in [4.78, 5) is 24.5. The second-order valence-corrected chi connectivity index (χ2v) is 7.11. The molecular formula is C16H31NO7. The highest BCUT2D eigenvalue weighted by atomic mass is 16.8. The van der Waals surface area contributed by atoms with Crippen LogP contribution in [0.15, 0.2) is 0 Å². The van der Waals surface area contributed by atoms with Crippen molar-refractivity contribution < 1.29 is 33.6 Å². The summed E-state index contributed by atoms with van der Waals surface area (Å²) in [5, 5.41) is 12.8. The minimum Gasteiger partial charge on any atom is -0.458 e. The number of rotatable bonds is 7. The van der Waals surface area contributed by atoms with Crippen LogP contribution in [0.5, 0.6) is 0 Å². The zero-order valence-electron chi connectivity index (χ0n) is 15.9.